The lowest BCUT2D eigenvalue weighted by Crippen LogP contribution is -2.38. The predicted molar refractivity (Wildman–Crippen MR) is 79.8 cm³/mol. The van der Waals surface area contributed by atoms with E-state index < -0.39 is 12.1 Å². The number of amides is 1. The van der Waals surface area contributed by atoms with Crippen molar-refractivity contribution in [3.8, 4) is 0 Å². The zero-order chi connectivity index (χ0) is 16.7. The van der Waals surface area contributed by atoms with Crippen LogP contribution in [0, 0.1) is 0 Å². The Bertz CT molecular complexity index is 625. The van der Waals surface area contributed by atoms with E-state index in [1.807, 2.05) is 0 Å². The number of tetrazole rings is 1. The van der Waals surface area contributed by atoms with Crippen LogP contribution in [0.2, 0.25) is 5.02 Å². The SMILES string of the molecule is O=C(O)N(COCCO)[C@@H](Cn1ncnn1)c1ccccc1Cl. The minimum absolute atomic E-state index is 0.0284. The van der Waals surface area contributed by atoms with Gasteiger partial charge in [0.15, 0.2) is 6.33 Å². The average molecular weight is 342 g/mol. The van der Waals surface area contributed by atoms with Crippen LogP contribution in [0.4, 0.5) is 4.79 Å². The molecular weight excluding hydrogens is 326 g/mol. The summed E-state index contributed by atoms with van der Waals surface area (Å²) in [4.78, 5) is 14.0. The number of carboxylic acid groups (broad SMARTS) is 1. The quantitative estimate of drug-likeness (QED) is 0.544. The molecule has 0 fully saturated rings. The second-order valence-corrected chi connectivity index (χ2v) is 4.95. The molecule has 1 aromatic heterocycles. The second-order valence-electron chi connectivity index (χ2n) is 4.54. The first kappa shape index (κ1) is 17.1. The van der Waals surface area contributed by atoms with E-state index >= 15 is 0 Å². The van der Waals surface area contributed by atoms with E-state index in [0.717, 1.165) is 4.90 Å². The standard InChI is InChI=1S/C13H16ClN5O4/c14-11-4-2-1-3-10(11)12(7-19-16-8-15-17-19)18(13(21)22)9-23-6-5-20/h1-4,8,12,20H,5-7,9H2,(H,21,22)/t12-/m0/s1. The number of rotatable bonds is 8. The van der Waals surface area contributed by atoms with Gasteiger partial charge < -0.3 is 14.9 Å². The van der Waals surface area contributed by atoms with Crippen LogP contribution >= 0.6 is 11.6 Å². The smallest absolute Gasteiger partial charge is 0.409 e. The molecule has 0 unspecified atom stereocenters. The fraction of sp³-hybridized carbons (Fsp3) is 0.385. The van der Waals surface area contributed by atoms with Gasteiger partial charge in [0, 0.05) is 5.02 Å². The number of aromatic nitrogens is 4. The molecule has 0 saturated carbocycles. The molecule has 0 spiro atoms. The van der Waals surface area contributed by atoms with Gasteiger partial charge in [-0.25, -0.2) is 4.79 Å². The molecule has 2 rings (SSSR count). The summed E-state index contributed by atoms with van der Waals surface area (Å²) in [6.07, 6.45) is 0.0739. The summed E-state index contributed by atoms with van der Waals surface area (Å²) in [5.74, 6) is 0. The van der Waals surface area contributed by atoms with Crippen molar-refractivity contribution in [3.05, 3.63) is 41.2 Å². The fourth-order valence-corrected chi connectivity index (χ4v) is 2.30. The van der Waals surface area contributed by atoms with Gasteiger partial charge in [-0.15, -0.1) is 10.2 Å². The highest BCUT2D eigenvalue weighted by molar-refractivity contribution is 6.31. The number of aliphatic hydroxyl groups excluding tert-OH is 1. The maximum atomic E-state index is 11.6. The largest absolute Gasteiger partial charge is 0.465 e. The molecule has 0 radical (unpaired) electrons. The lowest BCUT2D eigenvalue weighted by atomic mass is 10.1. The van der Waals surface area contributed by atoms with Gasteiger partial charge in [0.2, 0.25) is 0 Å². The number of hydrogen-bond acceptors (Lipinski definition) is 6. The Morgan fingerprint density at radius 2 is 2.22 bits per heavy atom. The molecule has 2 N–H and O–H groups in total. The number of carbonyl (C=O) groups is 1. The molecule has 0 aliphatic rings. The van der Waals surface area contributed by atoms with Gasteiger partial charge in [0.05, 0.1) is 25.8 Å². The first-order valence-corrected chi connectivity index (χ1v) is 7.14. The van der Waals surface area contributed by atoms with Gasteiger partial charge in [-0.3, -0.25) is 4.90 Å². The third kappa shape index (κ3) is 4.62. The van der Waals surface area contributed by atoms with Crippen molar-refractivity contribution in [2.24, 2.45) is 0 Å². The molecule has 1 heterocycles. The molecule has 1 atom stereocenters. The maximum Gasteiger partial charge on any atom is 0.409 e. The van der Waals surface area contributed by atoms with Crippen molar-refractivity contribution >= 4 is 17.7 Å². The predicted octanol–water partition coefficient (Wildman–Crippen LogP) is 1.01. The molecule has 23 heavy (non-hydrogen) atoms. The molecule has 2 aromatic rings. The first-order valence-electron chi connectivity index (χ1n) is 6.77. The molecule has 0 bridgehead atoms. The Morgan fingerprint density at radius 1 is 1.43 bits per heavy atom. The van der Waals surface area contributed by atoms with Gasteiger partial charge in [-0.05, 0) is 16.8 Å². The molecule has 0 aliphatic heterocycles. The van der Waals surface area contributed by atoms with E-state index in [0.29, 0.717) is 10.6 Å². The molecule has 0 aliphatic carbocycles. The highest BCUT2D eigenvalue weighted by Gasteiger charge is 2.28. The van der Waals surface area contributed by atoms with Crippen LogP contribution in [-0.2, 0) is 11.3 Å². The normalized spacial score (nSPS) is 12.1. The number of halogens is 1. The van der Waals surface area contributed by atoms with E-state index in [1.165, 1.54) is 11.1 Å². The van der Waals surface area contributed by atoms with Crippen LogP contribution in [0.1, 0.15) is 11.6 Å². The van der Waals surface area contributed by atoms with Gasteiger partial charge in [0.25, 0.3) is 0 Å². The molecule has 1 aromatic carbocycles. The van der Waals surface area contributed by atoms with Crippen molar-refractivity contribution in [2.75, 3.05) is 19.9 Å². The van der Waals surface area contributed by atoms with Gasteiger partial charge >= 0.3 is 6.09 Å². The molecule has 0 saturated heterocycles. The number of hydrogen-bond donors (Lipinski definition) is 2. The number of nitrogens with zero attached hydrogens (tertiary/aromatic N) is 5. The van der Waals surface area contributed by atoms with Crippen LogP contribution in [0.25, 0.3) is 0 Å². The Morgan fingerprint density at radius 3 is 2.83 bits per heavy atom. The van der Waals surface area contributed by atoms with Crippen LogP contribution in [0.15, 0.2) is 30.6 Å². The lowest BCUT2D eigenvalue weighted by Gasteiger charge is -2.29. The van der Waals surface area contributed by atoms with E-state index in [9.17, 15) is 9.90 Å². The maximum absolute atomic E-state index is 11.6. The highest BCUT2D eigenvalue weighted by atomic mass is 35.5. The number of ether oxygens (including phenoxy) is 1. The highest BCUT2D eigenvalue weighted by Crippen LogP contribution is 2.28. The number of aliphatic hydroxyl groups is 1. The van der Waals surface area contributed by atoms with Crippen molar-refractivity contribution in [1.29, 1.82) is 0 Å². The van der Waals surface area contributed by atoms with Crippen LogP contribution < -0.4 is 0 Å². The Balaban J connectivity index is 2.30. The molecule has 9 nitrogen and oxygen atoms in total. The van der Waals surface area contributed by atoms with E-state index in [2.05, 4.69) is 15.4 Å². The van der Waals surface area contributed by atoms with E-state index in [4.69, 9.17) is 21.4 Å². The van der Waals surface area contributed by atoms with Crippen molar-refractivity contribution < 1.29 is 19.7 Å². The summed E-state index contributed by atoms with van der Waals surface area (Å²) in [5, 5.41) is 30.0. The minimum Gasteiger partial charge on any atom is -0.465 e. The van der Waals surface area contributed by atoms with Crippen molar-refractivity contribution in [2.45, 2.75) is 12.6 Å². The minimum atomic E-state index is -1.19. The van der Waals surface area contributed by atoms with Gasteiger partial charge in [-0.1, -0.05) is 29.8 Å². The third-order valence-electron chi connectivity index (χ3n) is 3.08. The molecule has 10 heteroatoms. The topological polar surface area (TPSA) is 114 Å². The third-order valence-corrected chi connectivity index (χ3v) is 3.42. The zero-order valence-corrected chi connectivity index (χ0v) is 12.9. The summed E-state index contributed by atoms with van der Waals surface area (Å²) >= 11 is 6.20. The van der Waals surface area contributed by atoms with Crippen LogP contribution in [0.3, 0.4) is 0 Å². The lowest BCUT2D eigenvalue weighted by molar-refractivity contribution is -0.00569. The van der Waals surface area contributed by atoms with E-state index in [-0.39, 0.29) is 26.5 Å². The zero-order valence-electron chi connectivity index (χ0n) is 12.1. The first-order chi connectivity index (χ1) is 11.1. The second kappa shape index (κ2) is 8.42. The summed E-state index contributed by atoms with van der Waals surface area (Å²) in [7, 11) is 0. The van der Waals surface area contributed by atoms with Crippen LogP contribution in [0.5, 0.6) is 0 Å². The van der Waals surface area contributed by atoms with Gasteiger partial charge in [-0.2, -0.15) is 4.80 Å². The molecule has 1 amide bonds. The van der Waals surface area contributed by atoms with E-state index in [1.54, 1.807) is 24.3 Å². The summed E-state index contributed by atoms with van der Waals surface area (Å²) in [5.41, 5.74) is 0.599. The van der Waals surface area contributed by atoms with Crippen molar-refractivity contribution in [3.63, 3.8) is 0 Å². The van der Waals surface area contributed by atoms with Gasteiger partial charge in [0.1, 0.15) is 6.73 Å². The Labute approximate surface area is 137 Å². The summed E-state index contributed by atoms with van der Waals surface area (Å²) in [6.45, 7) is -0.269. The average Bonchev–Trinajstić information content (AvgIpc) is 3.03. The Kier molecular flexibility index (Phi) is 6.27. The monoisotopic (exact) mass is 341 g/mol. The van der Waals surface area contributed by atoms with Crippen molar-refractivity contribution in [1.82, 2.24) is 25.1 Å². The number of benzene rings is 1. The molecular formula is C13H16ClN5O4. The summed E-state index contributed by atoms with van der Waals surface area (Å²) in [6, 6.07) is 6.25. The summed E-state index contributed by atoms with van der Waals surface area (Å²) < 4.78 is 5.15. The van der Waals surface area contributed by atoms with Crippen LogP contribution in [-0.4, -0.2) is 61.4 Å². The molecule has 124 valence electrons. The Hall–Kier alpha value is -2.23. The fourth-order valence-electron chi connectivity index (χ4n) is 2.04.